The van der Waals surface area contributed by atoms with Crippen LogP contribution in [0.15, 0.2) is 60.7 Å². The third kappa shape index (κ3) is 4.58. The van der Waals surface area contributed by atoms with Gasteiger partial charge in [-0.25, -0.2) is 0 Å². The van der Waals surface area contributed by atoms with Crippen LogP contribution in [-0.4, -0.2) is 32.1 Å². The molecule has 4 rings (SSSR count). The SMILES string of the molecule is COc1ccc2cc(C(C)C(=O)NC3CNCC3c3ccc(C(F)(F)F)cc3)ccc2c1. The highest BCUT2D eigenvalue weighted by molar-refractivity contribution is 5.88. The van der Waals surface area contributed by atoms with Crippen LogP contribution in [0, 0.1) is 0 Å². The number of alkyl halides is 3. The van der Waals surface area contributed by atoms with Crippen LogP contribution in [0.4, 0.5) is 13.2 Å². The highest BCUT2D eigenvalue weighted by Crippen LogP contribution is 2.32. The second-order valence-electron chi connectivity index (χ2n) is 8.19. The summed E-state index contributed by atoms with van der Waals surface area (Å²) in [5, 5.41) is 8.38. The normalized spacial score (nSPS) is 19.7. The molecule has 1 aliphatic rings. The summed E-state index contributed by atoms with van der Waals surface area (Å²) in [7, 11) is 1.62. The largest absolute Gasteiger partial charge is 0.497 e. The Morgan fingerprint density at radius 2 is 1.72 bits per heavy atom. The van der Waals surface area contributed by atoms with Gasteiger partial charge in [0.15, 0.2) is 0 Å². The first-order valence-electron chi connectivity index (χ1n) is 10.5. The topological polar surface area (TPSA) is 50.4 Å². The van der Waals surface area contributed by atoms with E-state index < -0.39 is 11.7 Å². The molecule has 0 aromatic heterocycles. The zero-order valence-corrected chi connectivity index (χ0v) is 17.9. The Labute approximate surface area is 184 Å². The lowest BCUT2D eigenvalue weighted by Crippen LogP contribution is -2.41. The fraction of sp³-hybridized carbons (Fsp3) is 0.320. The van der Waals surface area contributed by atoms with E-state index in [4.69, 9.17) is 4.74 Å². The van der Waals surface area contributed by atoms with Crippen LogP contribution in [0.2, 0.25) is 0 Å². The Morgan fingerprint density at radius 1 is 1.03 bits per heavy atom. The molecule has 1 aliphatic heterocycles. The van der Waals surface area contributed by atoms with E-state index in [2.05, 4.69) is 10.6 Å². The van der Waals surface area contributed by atoms with Gasteiger partial charge in [-0.3, -0.25) is 4.79 Å². The summed E-state index contributed by atoms with van der Waals surface area (Å²) in [4.78, 5) is 13.0. The van der Waals surface area contributed by atoms with E-state index in [1.807, 2.05) is 43.3 Å². The van der Waals surface area contributed by atoms with Gasteiger partial charge in [-0.1, -0.05) is 36.4 Å². The smallest absolute Gasteiger partial charge is 0.416 e. The lowest BCUT2D eigenvalue weighted by molar-refractivity contribution is -0.137. The molecule has 3 atom stereocenters. The number of carbonyl (C=O) groups is 1. The molecule has 1 heterocycles. The minimum Gasteiger partial charge on any atom is -0.497 e. The molecule has 0 radical (unpaired) electrons. The molecule has 1 amide bonds. The van der Waals surface area contributed by atoms with Crippen LogP contribution < -0.4 is 15.4 Å². The van der Waals surface area contributed by atoms with Crippen LogP contribution >= 0.6 is 0 Å². The van der Waals surface area contributed by atoms with Crippen LogP contribution in [0.25, 0.3) is 10.8 Å². The quantitative estimate of drug-likeness (QED) is 0.594. The van der Waals surface area contributed by atoms with Crippen molar-refractivity contribution in [3.05, 3.63) is 77.4 Å². The summed E-state index contributed by atoms with van der Waals surface area (Å²) in [5.74, 6) is 0.218. The van der Waals surface area contributed by atoms with Gasteiger partial charge in [0.05, 0.1) is 18.6 Å². The molecule has 3 aromatic carbocycles. The highest BCUT2D eigenvalue weighted by Gasteiger charge is 2.33. The first-order chi connectivity index (χ1) is 15.3. The number of ether oxygens (including phenoxy) is 1. The van der Waals surface area contributed by atoms with Gasteiger partial charge in [0.1, 0.15) is 5.75 Å². The third-order valence-electron chi connectivity index (χ3n) is 6.17. The van der Waals surface area contributed by atoms with Gasteiger partial charge >= 0.3 is 6.18 Å². The maximum absolute atomic E-state index is 13.0. The van der Waals surface area contributed by atoms with Gasteiger partial charge in [0, 0.05) is 25.0 Å². The van der Waals surface area contributed by atoms with Crippen LogP contribution in [0.5, 0.6) is 5.75 Å². The summed E-state index contributed by atoms with van der Waals surface area (Å²) in [5.41, 5.74) is 1.01. The number of hydrogen-bond donors (Lipinski definition) is 2. The lowest BCUT2D eigenvalue weighted by Gasteiger charge is -2.23. The van der Waals surface area contributed by atoms with Crippen molar-refractivity contribution >= 4 is 16.7 Å². The summed E-state index contributed by atoms with van der Waals surface area (Å²) in [6, 6.07) is 16.7. The maximum atomic E-state index is 13.0. The zero-order chi connectivity index (χ0) is 22.9. The lowest BCUT2D eigenvalue weighted by atomic mass is 9.92. The number of fused-ring (bicyclic) bond motifs is 1. The van der Waals surface area contributed by atoms with Gasteiger partial charge in [-0.05, 0) is 53.1 Å². The van der Waals surface area contributed by atoms with E-state index in [1.165, 1.54) is 12.1 Å². The van der Waals surface area contributed by atoms with Gasteiger partial charge in [0.2, 0.25) is 5.91 Å². The predicted molar refractivity (Wildman–Crippen MR) is 118 cm³/mol. The monoisotopic (exact) mass is 442 g/mol. The van der Waals surface area contributed by atoms with Crippen molar-refractivity contribution in [1.29, 1.82) is 0 Å². The molecule has 0 bridgehead atoms. The molecular formula is C25H25F3N2O2. The zero-order valence-electron chi connectivity index (χ0n) is 17.9. The maximum Gasteiger partial charge on any atom is 0.416 e. The van der Waals surface area contributed by atoms with E-state index in [1.54, 1.807) is 7.11 Å². The van der Waals surface area contributed by atoms with Crippen LogP contribution in [-0.2, 0) is 11.0 Å². The number of nitrogens with one attached hydrogen (secondary N) is 2. The Kier molecular flexibility index (Phi) is 6.11. The summed E-state index contributed by atoms with van der Waals surface area (Å²) in [6.45, 7) is 3.03. The summed E-state index contributed by atoms with van der Waals surface area (Å²) >= 11 is 0. The van der Waals surface area contributed by atoms with E-state index in [-0.39, 0.29) is 23.8 Å². The second kappa shape index (κ2) is 8.82. The summed E-state index contributed by atoms with van der Waals surface area (Å²) < 4.78 is 43.8. The van der Waals surface area contributed by atoms with E-state index in [0.717, 1.165) is 39.8 Å². The van der Waals surface area contributed by atoms with Crippen molar-refractivity contribution in [2.24, 2.45) is 0 Å². The first-order valence-corrected chi connectivity index (χ1v) is 10.5. The number of carbonyl (C=O) groups excluding carboxylic acids is 1. The minimum absolute atomic E-state index is 0.0856. The molecular weight excluding hydrogens is 417 g/mol. The average molecular weight is 442 g/mol. The number of amides is 1. The number of rotatable bonds is 5. The van der Waals surface area contributed by atoms with Gasteiger partial charge in [-0.15, -0.1) is 0 Å². The second-order valence-corrected chi connectivity index (χ2v) is 8.19. The van der Waals surface area contributed by atoms with Gasteiger partial charge in [-0.2, -0.15) is 13.2 Å². The molecule has 3 aromatic rings. The molecule has 0 saturated carbocycles. The van der Waals surface area contributed by atoms with E-state index >= 15 is 0 Å². The number of methoxy groups -OCH3 is 1. The van der Waals surface area contributed by atoms with Gasteiger partial charge in [0.25, 0.3) is 0 Å². The molecule has 7 heteroatoms. The van der Waals surface area contributed by atoms with Crippen molar-refractivity contribution in [2.45, 2.75) is 31.0 Å². The molecule has 3 unspecified atom stereocenters. The fourth-order valence-electron chi connectivity index (χ4n) is 4.20. The molecule has 1 saturated heterocycles. The molecule has 1 fully saturated rings. The van der Waals surface area contributed by atoms with Crippen molar-refractivity contribution in [1.82, 2.24) is 10.6 Å². The number of hydrogen-bond acceptors (Lipinski definition) is 3. The first kappa shape index (κ1) is 22.1. The Bertz CT molecular complexity index is 1110. The summed E-state index contributed by atoms with van der Waals surface area (Å²) in [6.07, 6.45) is -4.36. The molecule has 2 N–H and O–H groups in total. The van der Waals surface area contributed by atoms with E-state index in [0.29, 0.717) is 13.1 Å². The predicted octanol–water partition coefficient (Wildman–Crippen LogP) is 4.84. The Balaban J connectivity index is 1.47. The van der Waals surface area contributed by atoms with Gasteiger partial charge < -0.3 is 15.4 Å². The third-order valence-corrected chi connectivity index (χ3v) is 6.17. The van der Waals surface area contributed by atoms with Crippen LogP contribution in [0.3, 0.4) is 0 Å². The molecule has 32 heavy (non-hydrogen) atoms. The number of benzene rings is 3. The van der Waals surface area contributed by atoms with Crippen molar-refractivity contribution in [3.63, 3.8) is 0 Å². The van der Waals surface area contributed by atoms with Crippen LogP contribution in [0.1, 0.15) is 35.4 Å². The average Bonchev–Trinajstić information content (AvgIpc) is 3.25. The molecule has 4 nitrogen and oxygen atoms in total. The standard InChI is InChI=1S/C25H25F3N2O2/c1-15(17-3-4-19-12-21(32-2)10-7-18(19)11-17)24(31)30-23-14-29-13-22(23)16-5-8-20(9-6-16)25(26,27)28/h3-12,15,22-23,29H,13-14H2,1-2H3,(H,30,31). The molecule has 0 aliphatic carbocycles. The Morgan fingerprint density at radius 3 is 2.41 bits per heavy atom. The van der Waals surface area contributed by atoms with Crippen molar-refractivity contribution < 1.29 is 22.7 Å². The Hall–Kier alpha value is -3.06. The highest BCUT2D eigenvalue weighted by atomic mass is 19.4. The minimum atomic E-state index is -4.36. The molecule has 0 spiro atoms. The molecule has 168 valence electrons. The van der Waals surface area contributed by atoms with E-state index in [9.17, 15) is 18.0 Å². The fourth-order valence-corrected chi connectivity index (χ4v) is 4.20. The number of halogens is 3. The van der Waals surface area contributed by atoms with Crippen molar-refractivity contribution in [2.75, 3.05) is 20.2 Å². The van der Waals surface area contributed by atoms with Crippen molar-refractivity contribution in [3.8, 4) is 5.75 Å².